The molecule has 0 aromatic heterocycles. The third-order valence-corrected chi connectivity index (χ3v) is 8.08. The first-order valence-corrected chi connectivity index (χ1v) is 12.7. The van der Waals surface area contributed by atoms with E-state index in [-0.39, 0.29) is 25.3 Å². The minimum absolute atomic E-state index is 0.00707. The summed E-state index contributed by atoms with van der Waals surface area (Å²) >= 11 is 6.46. The number of carbonyl (C=O) groups is 4. The summed E-state index contributed by atoms with van der Waals surface area (Å²) in [6.45, 7) is 1.97. The van der Waals surface area contributed by atoms with Gasteiger partial charge >= 0.3 is 0 Å². The Hall–Kier alpha value is -3.63. The highest BCUT2D eigenvalue weighted by atomic mass is 35.5. The molecule has 0 saturated carbocycles. The molecule has 3 aliphatic rings. The Labute approximate surface area is 224 Å². The Morgan fingerprint density at radius 3 is 2.53 bits per heavy atom. The van der Waals surface area contributed by atoms with E-state index in [1.165, 1.54) is 12.0 Å². The van der Waals surface area contributed by atoms with Crippen molar-refractivity contribution in [3.63, 3.8) is 0 Å². The molecule has 4 atom stereocenters. The molecule has 2 fully saturated rings. The molecule has 2 aromatic rings. The van der Waals surface area contributed by atoms with E-state index in [0.717, 1.165) is 11.1 Å². The Morgan fingerprint density at radius 1 is 1.11 bits per heavy atom. The number of nitrogens with zero attached hydrogens (tertiary/aromatic N) is 1. The lowest BCUT2D eigenvalue weighted by atomic mass is 9.76. The topological polar surface area (TPSA) is 140 Å². The maximum Gasteiger partial charge on any atom is 0.250 e. The predicted molar refractivity (Wildman–Crippen MR) is 139 cm³/mol. The largest absolute Gasteiger partial charge is 0.493 e. The van der Waals surface area contributed by atoms with Gasteiger partial charge in [-0.05, 0) is 49.1 Å². The summed E-state index contributed by atoms with van der Waals surface area (Å²) in [4.78, 5) is 54.1. The van der Waals surface area contributed by atoms with E-state index in [2.05, 4.69) is 10.6 Å². The van der Waals surface area contributed by atoms with Crippen LogP contribution in [0.25, 0.3) is 0 Å². The molecule has 0 unspecified atom stereocenters. The van der Waals surface area contributed by atoms with Gasteiger partial charge in [0.05, 0.1) is 36.8 Å². The SMILES string of the molecule is COc1ccc(CCN2C(=O)[C@H]3[C@@H](C2=O)[C@@]2(N[C@@H]3CCC(N)=O)C(=O)Nc3c(Cl)cc(C)cc32)cc1OC. The number of halogens is 1. The van der Waals surface area contributed by atoms with Gasteiger partial charge in [-0.3, -0.25) is 29.4 Å². The van der Waals surface area contributed by atoms with Gasteiger partial charge in [0.15, 0.2) is 11.5 Å². The van der Waals surface area contributed by atoms with Crippen molar-refractivity contribution < 1.29 is 28.7 Å². The normalized spacial score (nSPS) is 25.5. The Balaban J connectivity index is 1.50. The summed E-state index contributed by atoms with van der Waals surface area (Å²) in [5.41, 5.74) is 6.53. The summed E-state index contributed by atoms with van der Waals surface area (Å²) < 4.78 is 10.6. The first-order chi connectivity index (χ1) is 18.1. The Kier molecular flexibility index (Phi) is 6.56. The second-order valence-electron chi connectivity index (χ2n) is 9.96. The number of nitrogens with one attached hydrogen (secondary N) is 2. The second kappa shape index (κ2) is 9.59. The number of methoxy groups -OCH3 is 2. The number of hydrogen-bond donors (Lipinski definition) is 3. The van der Waals surface area contributed by atoms with E-state index >= 15 is 0 Å². The second-order valence-corrected chi connectivity index (χ2v) is 10.4. The minimum atomic E-state index is -1.48. The maximum absolute atomic E-state index is 13.9. The number of amides is 4. The van der Waals surface area contributed by atoms with Crippen molar-refractivity contribution in [2.45, 2.75) is 37.8 Å². The molecule has 0 bridgehead atoms. The summed E-state index contributed by atoms with van der Waals surface area (Å²) in [5.74, 6) is -2.48. The van der Waals surface area contributed by atoms with E-state index in [1.54, 1.807) is 25.3 Å². The van der Waals surface area contributed by atoms with Crippen LogP contribution in [0, 0.1) is 18.8 Å². The molecule has 4 amide bonds. The molecule has 0 aliphatic carbocycles. The molecule has 3 aliphatic heterocycles. The first kappa shape index (κ1) is 26.0. The van der Waals surface area contributed by atoms with E-state index in [1.807, 2.05) is 19.1 Å². The number of primary amides is 1. The van der Waals surface area contributed by atoms with Gasteiger partial charge in [0.25, 0.3) is 0 Å². The highest BCUT2D eigenvalue weighted by Crippen LogP contribution is 2.55. The molecule has 0 radical (unpaired) electrons. The van der Waals surface area contributed by atoms with Crippen LogP contribution in [0.1, 0.15) is 29.5 Å². The first-order valence-electron chi connectivity index (χ1n) is 12.4. The zero-order valence-electron chi connectivity index (χ0n) is 21.3. The summed E-state index contributed by atoms with van der Waals surface area (Å²) in [7, 11) is 3.08. The van der Waals surface area contributed by atoms with Crippen LogP contribution in [0.4, 0.5) is 5.69 Å². The number of benzene rings is 2. The van der Waals surface area contributed by atoms with Crippen LogP contribution in [0.15, 0.2) is 30.3 Å². The molecular formula is C27H29ClN4O6. The molecule has 2 aromatic carbocycles. The van der Waals surface area contributed by atoms with Crippen molar-refractivity contribution in [2.75, 3.05) is 26.1 Å². The number of fused-ring (bicyclic) bond motifs is 4. The van der Waals surface area contributed by atoms with Crippen molar-refractivity contribution in [3.8, 4) is 11.5 Å². The molecule has 2 saturated heterocycles. The van der Waals surface area contributed by atoms with Gasteiger partial charge in [0.2, 0.25) is 23.6 Å². The smallest absolute Gasteiger partial charge is 0.250 e. The lowest BCUT2D eigenvalue weighted by Crippen LogP contribution is -2.53. The van der Waals surface area contributed by atoms with Gasteiger partial charge in [-0.25, -0.2) is 0 Å². The van der Waals surface area contributed by atoms with E-state index in [0.29, 0.717) is 34.2 Å². The number of aryl methyl sites for hydroxylation is 1. The van der Waals surface area contributed by atoms with Gasteiger partial charge < -0.3 is 20.5 Å². The van der Waals surface area contributed by atoms with Gasteiger partial charge in [-0.15, -0.1) is 0 Å². The van der Waals surface area contributed by atoms with E-state index in [9.17, 15) is 19.2 Å². The molecule has 200 valence electrons. The lowest BCUT2D eigenvalue weighted by Gasteiger charge is -2.29. The summed E-state index contributed by atoms with van der Waals surface area (Å²) in [6.07, 6.45) is 0.605. The standard InChI is InChI=1S/C27H29ClN4O6/c1-13-10-15-23(16(28)11-13)30-26(36)27(15)22-21(17(31-27)5-7-20(29)33)24(34)32(25(22)35)9-8-14-4-6-18(37-2)19(12-14)38-3/h4,6,10-12,17,21-22,31H,5,7-9H2,1-3H3,(H2,29,33)(H,30,36)/t17-,21-,22+,27-/m1/s1. The molecule has 11 heteroatoms. The van der Waals surface area contributed by atoms with Crippen molar-refractivity contribution in [2.24, 2.45) is 17.6 Å². The Bertz CT molecular complexity index is 1360. The van der Waals surface area contributed by atoms with Gasteiger partial charge in [0.1, 0.15) is 5.54 Å². The van der Waals surface area contributed by atoms with Crippen LogP contribution in [0.5, 0.6) is 11.5 Å². The van der Waals surface area contributed by atoms with Crippen LogP contribution in [0.2, 0.25) is 5.02 Å². The van der Waals surface area contributed by atoms with Crippen LogP contribution in [-0.2, 0) is 31.1 Å². The number of carbonyl (C=O) groups excluding carboxylic acids is 4. The fraction of sp³-hybridized carbons (Fsp3) is 0.407. The fourth-order valence-corrected chi connectivity index (χ4v) is 6.42. The molecule has 3 heterocycles. The monoisotopic (exact) mass is 540 g/mol. The molecule has 38 heavy (non-hydrogen) atoms. The number of ether oxygens (including phenoxy) is 2. The number of rotatable bonds is 8. The van der Waals surface area contributed by atoms with Crippen molar-refractivity contribution in [3.05, 3.63) is 52.0 Å². The maximum atomic E-state index is 13.9. The number of hydrogen-bond acceptors (Lipinski definition) is 7. The quantitative estimate of drug-likeness (QED) is 0.434. The molecule has 4 N–H and O–H groups in total. The highest BCUT2D eigenvalue weighted by molar-refractivity contribution is 6.35. The third-order valence-electron chi connectivity index (χ3n) is 7.79. The average molecular weight is 541 g/mol. The number of imide groups is 1. The molecular weight excluding hydrogens is 512 g/mol. The van der Waals surface area contributed by atoms with Crippen LogP contribution in [-0.4, -0.2) is 55.3 Å². The number of anilines is 1. The predicted octanol–water partition coefficient (Wildman–Crippen LogP) is 1.89. The molecule has 10 nitrogen and oxygen atoms in total. The van der Waals surface area contributed by atoms with E-state index < -0.39 is 41.1 Å². The highest BCUT2D eigenvalue weighted by Gasteiger charge is 2.70. The zero-order valence-corrected chi connectivity index (χ0v) is 22.1. The number of likely N-dealkylation sites (tertiary alicyclic amines) is 1. The van der Waals surface area contributed by atoms with Crippen LogP contribution >= 0.6 is 11.6 Å². The zero-order chi connectivity index (χ0) is 27.4. The van der Waals surface area contributed by atoms with Crippen LogP contribution in [0.3, 0.4) is 0 Å². The number of nitrogens with two attached hydrogens (primary N) is 1. The van der Waals surface area contributed by atoms with Gasteiger partial charge in [-0.1, -0.05) is 23.7 Å². The third kappa shape index (κ3) is 3.90. The van der Waals surface area contributed by atoms with Crippen molar-refractivity contribution in [1.29, 1.82) is 0 Å². The Morgan fingerprint density at radius 2 is 1.84 bits per heavy atom. The van der Waals surface area contributed by atoms with E-state index in [4.69, 9.17) is 26.8 Å². The molecule has 1 spiro atoms. The van der Waals surface area contributed by atoms with Gasteiger partial charge in [-0.2, -0.15) is 0 Å². The van der Waals surface area contributed by atoms with Crippen LogP contribution < -0.4 is 25.8 Å². The average Bonchev–Trinajstić information content (AvgIpc) is 3.46. The minimum Gasteiger partial charge on any atom is -0.493 e. The van der Waals surface area contributed by atoms with Gasteiger partial charge in [0, 0.05) is 24.6 Å². The summed E-state index contributed by atoms with van der Waals surface area (Å²) in [6, 6.07) is 8.34. The van der Waals surface area contributed by atoms with Crippen molar-refractivity contribution in [1.82, 2.24) is 10.2 Å². The lowest BCUT2D eigenvalue weighted by molar-refractivity contribution is -0.142. The van der Waals surface area contributed by atoms with Crippen molar-refractivity contribution >= 4 is 40.9 Å². The summed E-state index contributed by atoms with van der Waals surface area (Å²) in [5, 5.41) is 6.47. The fourth-order valence-electron chi connectivity index (χ4n) is 6.10. The molecule has 5 rings (SSSR count).